The average molecular weight is 309 g/mol. The van der Waals surface area contributed by atoms with Gasteiger partial charge in [0.05, 0.1) is 12.0 Å². The van der Waals surface area contributed by atoms with E-state index in [4.69, 9.17) is 10.5 Å². The fourth-order valence-electron chi connectivity index (χ4n) is 1.87. The van der Waals surface area contributed by atoms with Crippen LogP contribution in [0.1, 0.15) is 11.3 Å². The Bertz CT molecular complexity index is 628. The summed E-state index contributed by atoms with van der Waals surface area (Å²) >= 11 is 1.57. The van der Waals surface area contributed by atoms with Gasteiger partial charge in [-0.2, -0.15) is 4.98 Å². The smallest absolute Gasteiger partial charge is 0.223 e. The first-order valence-electron chi connectivity index (χ1n) is 6.63. The van der Waals surface area contributed by atoms with Gasteiger partial charge in [-0.25, -0.2) is 4.98 Å². The molecule has 4 N–H and O–H groups in total. The Kier molecular flexibility index (Phi) is 5.29. The van der Waals surface area contributed by atoms with E-state index in [-0.39, 0.29) is 11.9 Å². The first kappa shape index (κ1) is 15.5. The SMILES string of the molecule is COCCNC(=O)CCNc1nc(N)nc2sc(C)cc12. The largest absolute Gasteiger partial charge is 0.383 e. The number of hydrogen-bond acceptors (Lipinski definition) is 7. The summed E-state index contributed by atoms with van der Waals surface area (Å²) in [6.07, 6.45) is 0.359. The van der Waals surface area contributed by atoms with Crippen molar-refractivity contribution in [3.05, 3.63) is 10.9 Å². The van der Waals surface area contributed by atoms with Gasteiger partial charge in [0.15, 0.2) is 0 Å². The fraction of sp³-hybridized carbons (Fsp3) is 0.462. The van der Waals surface area contributed by atoms with Crippen molar-refractivity contribution in [2.24, 2.45) is 0 Å². The molecule has 0 bridgehead atoms. The van der Waals surface area contributed by atoms with Crippen LogP contribution >= 0.6 is 11.3 Å². The van der Waals surface area contributed by atoms with Crippen molar-refractivity contribution < 1.29 is 9.53 Å². The minimum Gasteiger partial charge on any atom is -0.383 e. The summed E-state index contributed by atoms with van der Waals surface area (Å²) in [4.78, 5) is 22.0. The number of nitrogens with zero attached hydrogens (tertiary/aromatic N) is 2. The molecule has 0 saturated carbocycles. The lowest BCUT2D eigenvalue weighted by Crippen LogP contribution is -2.28. The third-order valence-electron chi connectivity index (χ3n) is 2.81. The van der Waals surface area contributed by atoms with E-state index in [1.54, 1.807) is 18.4 Å². The van der Waals surface area contributed by atoms with E-state index in [0.29, 0.717) is 31.9 Å². The summed E-state index contributed by atoms with van der Waals surface area (Å²) in [7, 11) is 1.60. The van der Waals surface area contributed by atoms with Crippen LogP contribution in [0.3, 0.4) is 0 Å². The highest BCUT2D eigenvalue weighted by atomic mass is 32.1. The lowest BCUT2D eigenvalue weighted by Gasteiger charge is -2.08. The maximum Gasteiger partial charge on any atom is 0.223 e. The van der Waals surface area contributed by atoms with Crippen LogP contribution in [0, 0.1) is 6.92 Å². The minimum atomic E-state index is -0.0284. The van der Waals surface area contributed by atoms with Crippen molar-refractivity contribution in [3.8, 4) is 0 Å². The summed E-state index contributed by atoms with van der Waals surface area (Å²) in [6, 6.07) is 2.01. The van der Waals surface area contributed by atoms with Crippen molar-refractivity contribution in [2.75, 3.05) is 37.9 Å². The topological polar surface area (TPSA) is 102 Å². The van der Waals surface area contributed by atoms with Crippen LogP contribution in [0.5, 0.6) is 0 Å². The van der Waals surface area contributed by atoms with Gasteiger partial charge in [-0.1, -0.05) is 0 Å². The van der Waals surface area contributed by atoms with E-state index < -0.39 is 0 Å². The van der Waals surface area contributed by atoms with Gasteiger partial charge in [0.2, 0.25) is 11.9 Å². The molecule has 0 spiro atoms. The van der Waals surface area contributed by atoms with Gasteiger partial charge in [-0.15, -0.1) is 11.3 Å². The standard InChI is InChI=1S/C13H19N5O2S/c1-8-7-9-11(17-13(14)18-12(9)21-8)16-4-3-10(19)15-5-6-20-2/h7H,3-6H2,1-2H3,(H,15,19)(H3,14,16,17,18). The number of aromatic nitrogens is 2. The van der Waals surface area contributed by atoms with E-state index in [1.165, 1.54) is 0 Å². The molecule has 0 unspecified atom stereocenters. The van der Waals surface area contributed by atoms with Crippen molar-refractivity contribution in [3.63, 3.8) is 0 Å². The molecule has 0 aliphatic carbocycles. The molecular weight excluding hydrogens is 290 g/mol. The summed E-state index contributed by atoms with van der Waals surface area (Å²) < 4.78 is 4.87. The van der Waals surface area contributed by atoms with Crippen molar-refractivity contribution >= 4 is 39.2 Å². The first-order chi connectivity index (χ1) is 10.1. The predicted octanol–water partition coefficient (Wildman–Crippen LogP) is 1.15. The number of nitrogens with one attached hydrogen (secondary N) is 2. The molecule has 0 atom stereocenters. The van der Waals surface area contributed by atoms with Gasteiger partial charge in [-0.3, -0.25) is 4.79 Å². The molecule has 2 heterocycles. The van der Waals surface area contributed by atoms with Crippen molar-refractivity contribution in [2.45, 2.75) is 13.3 Å². The quantitative estimate of drug-likeness (QED) is 0.663. The van der Waals surface area contributed by atoms with Crippen LogP contribution in [0.4, 0.5) is 11.8 Å². The molecule has 8 heteroatoms. The van der Waals surface area contributed by atoms with Crippen LogP contribution in [-0.4, -0.2) is 42.7 Å². The number of ether oxygens (including phenoxy) is 1. The van der Waals surface area contributed by atoms with E-state index >= 15 is 0 Å². The lowest BCUT2D eigenvalue weighted by molar-refractivity contribution is -0.121. The second kappa shape index (κ2) is 7.19. The van der Waals surface area contributed by atoms with E-state index in [0.717, 1.165) is 15.1 Å². The monoisotopic (exact) mass is 309 g/mol. The highest BCUT2D eigenvalue weighted by Crippen LogP contribution is 2.28. The Morgan fingerprint density at radius 3 is 3.00 bits per heavy atom. The van der Waals surface area contributed by atoms with Gasteiger partial charge in [-0.05, 0) is 13.0 Å². The number of nitrogen functional groups attached to an aromatic ring is 1. The summed E-state index contributed by atoms with van der Waals surface area (Å²) in [5, 5.41) is 6.85. The number of amides is 1. The zero-order valence-electron chi connectivity index (χ0n) is 12.1. The molecule has 2 aromatic rings. The molecule has 1 amide bonds. The predicted molar refractivity (Wildman–Crippen MR) is 84.6 cm³/mol. The number of thiophene rings is 1. The van der Waals surface area contributed by atoms with Crippen LogP contribution in [0.2, 0.25) is 0 Å². The number of carbonyl (C=O) groups excluding carboxylic acids is 1. The van der Waals surface area contributed by atoms with E-state index in [1.807, 2.05) is 13.0 Å². The molecule has 0 aliphatic rings. The number of hydrogen-bond donors (Lipinski definition) is 3. The van der Waals surface area contributed by atoms with Gasteiger partial charge in [0.25, 0.3) is 0 Å². The molecular formula is C13H19N5O2S. The number of methoxy groups -OCH3 is 1. The maximum atomic E-state index is 11.6. The van der Waals surface area contributed by atoms with Crippen LogP contribution in [0.15, 0.2) is 6.07 Å². The Labute approximate surface area is 126 Å². The molecule has 0 saturated heterocycles. The minimum absolute atomic E-state index is 0.0284. The Hall–Kier alpha value is -1.93. The van der Waals surface area contributed by atoms with Crippen LogP contribution in [-0.2, 0) is 9.53 Å². The lowest BCUT2D eigenvalue weighted by atomic mass is 10.3. The Morgan fingerprint density at radius 2 is 2.24 bits per heavy atom. The Morgan fingerprint density at radius 1 is 1.43 bits per heavy atom. The van der Waals surface area contributed by atoms with E-state index in [9.17, 15) is 4.79 Å². The highest BCUT2D eigenvalue weighted by molar-refractivity contribution is 7.18. The molecule has 21 heavy (non-hydrogen) atoms. The molecule has 0 aliphatic heterocycles. The average Bonchev–Trinajstić information content (AvgIpc) is 2.79. The molecule has 2 aromatic heterocycles. The number of carbonyl (C=O) groups is 1. The Balaban J connectivity index is 1.93. The molecule has 0 fully saturated rings. The van der Waals surface area contributed by atoms with Gasteiger partial charge in [0.1, 0.15) is 10.6 Å². The van der Waals surface area contributed by atoms with Gasteiger partial charge >= 0.3 is 0 Å². The second-order valence-electron chi connectivity index (χ2n) is 4.53. The molecule has 0 radical (unpaired) electrons. The fourth-order valence-corrected chi connectivity index (χ4v) is 2.76. The van der Waals surface area contributed by atoms with E-state index in [2.05, 4.69) is 20.6 Å². The number of nitrogens with two attached hydrogens (primary N) is 1. The van der Waals surface area contributed by atoms with Crippen molar-refractivity contribution in [1.82, 2.24) is 15.3 Å². The normalized spacial score (nSPS) is 10.8. The number of rotatable bonds is 7. The summed E-state index contributed by atoms with van der Waals surface area (Å²) in [5.41, 5.74) is 5.70. The number of fused-ring (bicyclic) bond motifs is 1. The van der Waals surface area contributed by atoms with Crippen molar-refractivity contribution in [1.29, 1.82) is 0 Å². The van der Waals surface area contributed by atoms with Gasteiger partial charge < -0.3 is 21.1 Å². The zero-order valence-corrected chi connectivity index (χ0v) is 12.9. The summed E-state index contributed by atoms with van der Waals surface area (Å²) in [6.45, 7) is 3.52. The summed E-state index contributed by atoms with van der Waals surface area (Å²) in [5.74, 6) is 0.877. The third kappa shape index (κ3) is 4.27. The molecule has 0 aromatic carbocycles. The maximum absolute atomic E-state index is 11.6. The van der Waals surface area contributed by atoms with Gasteiger partial charge in [0, 0.05) is 31.5 Å². The highest BCUT2D eigenvalue weighted by Gasteiger charge is 2.09. The second-order valence-corrected chi connectivity index (χ2v) is 5.76. The zero-order chi connectivity index (χ0) is 15.2. The third-order valence-corrected chi connectivity index (χ3v) is 3.75. The molecule has 7 nitrogen and oxygen atoms in total. The first-order valence-corrected chi connectivity index (χ1v) is 7.45. The molecule has 114 valence electrons. The number of anilines is 2. The molecule has 2 rings (SSSR count). The number of aryl methyl sites for hydroxylation is 1. The van der Waals surface area contributed by atoms with Crippen LogP contribution < -0.4 is 16.4 Å². The van der Waals surface area contributed by atoms with Crippen LogP contribution in [0.25, 0.3) is 10.2 Å².